The number of hydrogen-bond donors (Lipinski definition) is 0. The Morgan fingerprint density at radius 1 is 1.35 bits per heavy atom. The second-order valence-electron chi connectivity index (χ2n) is 7.01. The van der Waals surface area contributed by atoms with E-state index in [0.29, 0.717) is 37.3 Å². The van der Waals surface area contributed by atoms with E-state index in [1.807, 2.05) is 6.07 Å². The highest BCUT2D eigenvalue weighted by Crippen LogP contribution is 2.45. The number of hydrogen-bond acceptors (Lipinski definition) is 6. The molecule has 4 unspecified atom stereocenters. The van der Waals surface area contributed by atoms with Crippen LogP contribution >= 0.6 is 11.3 Å². The molecule has 2 aliphatic rings. The number of carbonyl (C=O) groups excluding carboxylic acids is 2. The number of rotatable bonds is 3. The second-order valence-corrected chi connectivity index (χ2v) is 7.92. The Morgan fingerprint density at radius 2 is 2.15 bits per heavy atom. The van der Waals surface area contributed by atoms with Gasteiger partial charge >= 0.3 is 12.1 Å². The summed E-state index contributed by atoms with van der Waals surface area (Å²) in [5.74, 6) is 0.822. The van der Waals surface area contributed by atoms with Gasteiger partial charge in [-0.1, -0.05) is 0 Å². The molecule has 0 bridgehead atoms. The van der Waals surface area contributed by atoms with Gasteiger partial charge in [-0.15, -0.1) is 11.3 Å². The summed E-state index contributed by atoms with van der Waals surface area (Å²) in [4.78, 5) is 26.8. The minimum absolute atomic E-state index is 0.299. The zero-order chi connectivity index (χ0) is 18.7. The Labute approximate surface area is 157 Å². The largest absolute Gasteiger partial charge is 0.464 e. The number of piperidine rings is 1. The van der Waals surface area contributed by atoms with Crippen molar-refractivity contribution in [1.82, 2.24) is 4.90 Å². The minimum Gasteiger partial charge on any atom is -0.464 e. The molecule has 1 aromatic heterocycles. The van der Waals surface area contributed by atoms with Gasteiger partial charge in [0.2, 0.25) is 0 Å². The normalized spacial score (nSPS) is 28.0. The van der Waals surface area contributed by atoms with E-state index in [2.05, 4.69) is 11.4 Å². The van der Waals surface area contributed by atoms with Crippen LogP contribution in [0.4, 0.5) is 4.79 Å². The number of ether oxygens (including phenoxy) is 2. The molecule has 1 saturated carbocycles. The Morgan fingerprint density at radius 3 is 2.81 bits per heavy atom. The molecule has 2 heterocycles. The van der Waals surface area contributed by atoms with Crippen molar-refractivity contribution in [3.63, 3.8) is 0 Å². The maximum atomic E-state index is 12.4. The molecule has 0 aromatic carbocycles. The molecule has 140 valence electrons. The lowest BCUT2D eigenvalue weighted by Crippen LogP contribution is -2.54. The van der Waals surface area contributed by atoms with Crippen molar-refractivity contribution in [3.05, 3.63) is 21.9 Å². The topological polar surface area (TPSA) is 79.6 Å². The molecule has 0 N–H and O–H groups in total. The molecule has 1 aromatic rings. The number of amides is 1. The van der Waals surface area contributed by atoms with Gasteiger partial charge in [0.25, 0.3) is 0 Å². The number of esters is 1. The lowest BCUT2D eigenvalue weighted by Gasteiger charge is -2.46. The van der Waals surface area contributed by atoms with Crippen LogP contribution in [-0.2, 0) is 14.3 Å². The van der Waals surface area contributed by atoms with Gasteiger partial charge in [0.1, 0.15) is 17.0 Å². The third kappa shape index (κ3) is 3.70. The predicted octanol–water partition coefficient (Wildman–Crippen LogP) is 3.52. The molecule has 6 nitrogen and oxygen atoms in total. The number of fused-ring (bicyclic) bond motifs is 1. The number of nitriles is 1. The maximum absolute atomic E-state index is 12.4. The average molecular weight is 376 g/mol. The molecule has 1 saturated heterocycles. The first-order valence-electron chi connectivity index (χ1n) is 9.07. The molecule has 0 spiro atoms. The van der Waals surface area contributed by atoms with Crippen LogP contribution in [0.1, 0.15) is 49.0 Å². The monoisotopic (exact) mass is 376 g/mol. The van der Waals surface area contributed by atoms with Gasteiger partial charge in [-0.05, 0) is 67.4 Å². The first-order valence-corrected chi connectivity index (χ1v) is 9.95. The van der Waals surface area contributed by atoms with Crippen LogP contribution in [0.2, 0.25) is 0 Å². The van der Waals surface area contributed by atoms with Gasteiger partial charge in [0.05, 0.1) is 13.7 Å². The zero-order valence-electron chi connectivity index (χ0n) is 15.1. The highest BCUT2D eigenvalue weighted by molar-refractivity contribution is 7.10. The third-order valence-electron chi connectivity index (χ3n) is 5.64. The van der Waals surface area contributed by atoms with Gasteiger partial charge in [0.15, 0.2) is 0 Å². The van der Waals surface area contributed by atoms with E-state index in [0.717, 1.165) is 24.1 Å². The molecule has 1 aliphatic carbocycles. The maximum Gasteiger partial charge on any atom is 0.410 e. The standard InChI is InChI=1S/C19H24N2O4S/c1-3-25-18(22)17-8-14-6-12(15-7-16(9-20)26-11-15)4-5-13(14)10-21(17)19(23)24-2/h7,11-14,17H,3-6,8,10H2,1-2H3. The van der Waals surface area contributed by atoms with Crippen LogP contribution in [0.3, 0.4) is 0 Å². The lowest BCUT2D eigenvalue weighted by molar-refractivity contribution is -0.152. The molecular formula is C19H24N2O4S. The summed E-state index contributed by atoms with van der Waals surface area (Å²) in [7, 11) is 1.34. The van der Waals surface area contributed by atoms with Crippen molar-refractivity contribution in [1.29, 1.82) is 5.26 Å². The highest BCUT2D eigenvalue weighted by atomic mass is 32.1. The fourth-order valence-corrected chi connectivity index (χ4v) is 5.14. The number of methoxy groups -OCH3 is 1. The summed E-state index contributed by atoms with van der Waals surface area (Å²) >= 11 is 1.49. The summed E-state index contributed by atoms with van der Waals surface area (Å²) in [6, 6.07) is 3.62. The molecule has 7 heteroatoms. The molecule has 2 fully saturated rings. The van der Waals surface area contributed by atoms with E-state index < -0.39 is 12.1 Å². The van der Waals surface area contributed by atoms with Crippen LogP contribution < -0.4 is 0 Å². The Bertz CT molecular complexity index is 711. The van der Waals surface area contributed by atoms with Crippen LogP contribution in [0, 0.1) is 23.2 Å². The predicted molar refractivity (Wildman–Crippen MR) is 96.8 cm³/mol. The Balaban J connectivity index is 1.74. The smallest absolute Gasteiger partial charge is 0.410 e. The van der Waals surface area contributed by atoms with Crippen LogP contribution in [-0.4, -0.2) is 43.3 Å². The van der Waals surface area contributed by atoms with Gasteiger partial charge in [-0.2, -0.15) is 5.26 Å². The van der Waals surface area contributed by atoms with E-state index >= 15 is 0 Å². The zero-order valence-corrected chi connectivity index (χ0v) is 16.0. The SMILES string of the molecule is CCOC(=O)C1CC2CC(c3csc(C#N)c3)CCC2CN1C(=O)OC. The quantitative estimate of drug-likeness (QED) is 0.754. The molecule has 0 radical (unpaired) electrons. The molecular weight excluding hydrogens is 352 g/mol. The highest BCUT2D eigenvalue weighted by Gasteiger charge is 2.44. The van der Waals surface area contributed by atoms with E-state index in [1.165, 1.54) is 28.9 Å². The summed E-state index contributed by atoms with van der Waals surface area (Å²) in [5, 5.41) is 11.1. The fourth-order valence-electron chi connectivity index (χ4n) is 4.36. The molecule has 3 rings (SSSR count). The summed E-state index contributed by atoms with van der Waals surface area (Å²) in [6.07, 6.45) is 3.19. The van der Waals surface area contributed by atoms with Crippen molar-refractivity contribution < 1.29 is 19.1 Å². The third-order valence-corrected chi connectivity index (χ3v) is 6.50. The van der Waals surface area contributed by atoms with Gasteiger partial charge < -0.3 is 9.47 Å². The lowest BCUT2D eigenvalue weighted by atomic mass is 9.68. The van der Waals surface area contributed by atoms with Gasteiger partial charge in [0, 0.05) is 6.54 Å². The summed E-state index contributed by atoms with van der Waals surface area (Å²) in [5.41, 5.74) is 1.23. The summed E-state index contributed by atoms with van der Waals surface area (Å²) in [6.45, 7) is 2.61. The van der Waals surface area contributed by atoms with E-state index in [9.17, 15) is 9.59 Å². The average Bonchev–Trinajstić information content (AvgIpc) is 3.15. The number of thiophene rings is 1. The van der Waals surface area contributed by atoms with Crippen LogP contribution in [0.5, 0.6) is 0 Å². The van der Waals surface area contributed by atoms with Crippen LogP contribution in [0.25, 0.3) is 0 Å². The van der Waals surface area contributed by atoms with Crippen LogP contribution in [0.15, 0.2) is 11.4 Å². The molecule has 26 heavy (non-hydrogen) atoms. The fraction of sp³-hybridized carbons (Fsp3) is 0.632. The van der Waals surface area contributed by atoms with E-state index in [4.69, 9.17) is 14.7 Å². The molecule has 1 amide bonds. The number of nitrogens with zero attached hydrogens (tertiary/aromatic N) is 2. The van der Waals surface area contributed by atoms with Gasteiger partial charge in [-0.25, -0.2) is 9.59 Å². The molecule has 4 atom stereocenters. The van der Waals surface area contributed by atoms with Crippen molar-refractivity contribution in [2.75, 3.05) is 20.3 Å². The Kier molecular flexibility index (Phi) is 5.82. The number of carbonyl (C=O) groups is 2. The van der Waals surface area contributed by atoms with Gasteiger partial charge in [-0.3, -0.25) is 4.90 Å². The van der Waals surface area contributed by atoms with Crippen molar-refractivity contribution in [3.8, 4) is 6.07 Å². The van der Waals surface area contributed by atoms with Crippen molar-refractivity contribution in [2.45, 2.75) is 44.6 Å². The summed E-state index contributed by atoms with van der Waals surface area (Å²) < 4.78 is 10.1. The second kappa shape index (κ2) is 8.09. The van der Waals surface area contributed by atoms with Crippen molar-refractivity contribution >= 4 is 23.4 Å². The minimum atomic E-state index is -0.570. The number of likely N-dealkylation sites (tertiary alicyclic amines) is 1. The van der Waals surface area contributed by atoms with Crippen molar-refractivity contribution in [2.24, 2.45) is 11.8 Å². The van der Waals surface area contributed by atoms with E-state index in [-0.39, 0.29) is 5.97 Å². The first-order chi connectivity index (χ1) is 12.6. The Hall–Kier alpha value is -2.07. The molecule has 1 aliphatic heterocycles. The van der Waals surface area contributed by atoms with E-state index in [1.54, 1.807) is 6.92 Å². The first kappa shape index (κ1) is 18.7.